The fraction of sp³-hybridized carbons (Fsp3) is 0.250. The van der Waals surface area contributed by atoms with Gasteiger partial charge in [0.25, 0.3) is 0 Å². The molecule has 5 nitrogen and oxygen atoms in total. The number of Topliss-reactive ketones (excluding diaryl/α,β-unsaturated/α-hetero) is 1. The van der Waals surface area contributed by atoms with E-state index in [0.717, 1.165) is 5.56 Å². The Morgan fingerprint density at radius 3 is 2.59 bits per heavy atom. The van der Waals surface area contributed by atoms with Gasteiger partial charge in [-0.25, -0.2) is 4.39 Å². The van der Waals surface area contributed by atoms with Crippen LogP contribution >= 0.6 is 11.6 Å². The van der Waals surface area contributed by atoms with E-state index >= 15 is 0 Å². The van der Waals surface area contributed by atoms with E-state index in [-0.39, 0.29) is 17.5 Å². The van der Waals surface area contributed by atoms with Crippen molar-refractivity contribution < 1.29 is 13.7 Å². The molecule has 1 fully saturated rings. The summed E-state index contributed by atoms with van der Waals surface area (Å²) in [7, 11) is 0. The summed E-state index contributed by atoms with van der Waals surface area (Å²) in [6.07, 6.45) is 1.37. The molecule has 3 aromatic rings. The highest BCUT2D eigenvalue weighted by Crippen LogP contribution is 2.27. The topological polar surface area (TPSA) is 59.2 Å². The molecule has 4 rings (SSSR count). The van der Waals surface area contributed by atoms with Crippen molar-refractivity contribution in [2.24, 2.45) is 5.92 Å². The van der Waals surface area contributed by atoms with Crippen molar-refractivity contribution >= 4 is 23.4 Å². The number of piperidine rings is 1. The van der Waals surface area contributed by atoms with Gasteiger partial charge < -0.3 is 9.42 Å². The van der Waals surface area contributed by atoms with Gasteiger partial charge in [0.05, 0.1) is 0 Å². The lowest BCUT2D eigenvalue weighted by Gasteiger charge is -2.29. The standard InChI is InChI=1S/C20H17ClFN3O2/c21-16-3-1-2-15(12-16)19-23-20(27-24-19)25-10-8-14(9-11-25)18(26)13-4-6-17(22)7-5-13/h1-7,12,14H,8-11H2. The lowest BCUT2D eigenvalue weighted by Crippen LogP contribution is -2.36. The van der Waals surface area contributed by atoms with E-state index in [1.807, 2.05) is 17.0 Å². The first-order chi connectivity index (χ1) is 13.1. The van der Waals surface area contributed by atoms with Crippen LogP contribution in [0.4, 0.5) is 10.4 Å². The Kier molecular flexibility index (Phi) is 4.90. The molecular weight excluding hydrogens is 369 g/mol. The van der Waals surface area contributed by atoms with Crippen molar-refractivity contribution in [2.45, 2.75) is 12.8 Å². The van der Waals surface area contributed by atoms with Crippen molar-refractivity contribution in [3.63, 3.8) is 0 Å². The van der Waals surface area contributed by atoms with Crippen LogP contribution in [0.2, 0.25) is 5.02 Å². The average molecular weight is 386 g/mol. The lowest BCUT2D eigenvalue weighted by molar-refractivity contribution is 0.0899. The molecule has 1 aromatic heterocycles. The van der Waals surface area contributed by atoms with Gasteiger partial charge in [-0.05, 0) is 49.2 Å². The summed E-state index contributed by atoms with van der Waals surface area (Å²) in [4.78, 5) is 19.0. The lowest BCUT2D eigenvalue weighted by atomic mass is 9.89. The fourth-order valence-corrected chi connectivity index (χ4v) is 3.46. The van der Waals surface area contributed by atoms with E-state index in [4.69, 9.17) is 16.1 Å². The van der Waals surface area contributed by atoms with Crippen LogP contribution in [0.25, 0.3) is 11.4 Å². The van der Waals surface area contributed by atoms with E-state index in [1.165, 1.54) is 12.1 Å². The quantitative estimate of drug-likeness (QED) is 0.613. The van der Waals surface area contributed by atoms with Gasteiger partial charge in [-0.15, -0.1) is 0 Å². The minimum Gasteiger partial charge on any atom is -0.324 e. The molecule has 27 heavy (non-hydrogen) atoms. The molecule has 1 saturated heterocycles. The molecule has 138 valence electrons. The number of benzene rings is 2. The SMILES string of the molecule is O=C(c1ccc(F)cc1)C1CCN(c2nc(-c3cccc(Cl)c3)no2)CC1. The minimum atomic E-state index is -0.340. The fourth-order valence-electron chi connectivity index (χ4n) is 3.27. The largest absolute Gasteiger partial charge is 0.324 e. The summed E-state index contributed by atoms with van der Waals surface area (Å²) < 4.78 is 18.4. The molecule has 0 aliphatic carbocycles. The number of anilines is 1. The van der Waals surface area contributed by atoms with Crippen LogP contribution in [-0.4, -0.2) is 29.0 Å². The van der Waals surface area contributed by atoms with Crippen molar-refractivity contribution in [2.75, 3.05) is 18.0 Å². The molecule has 0 radical (unpaired) electrons. The first-order valence-corrected chi connectivity index (χ1v) is 9.12. The molecule has 0 amide bonds. The normalized spacial score (nSPS) is 15.1. The van der Waals surface area contributed by atoms with Crippen LogP contribution in [-0.2, 0) is 0 Å². The van der Waals surface area contributed by atoms with E-state index in [2.05, 4.69) is 10.1 Å². The van der Waals surface area contributed by atoms with E-state index in [1.54, 1.807) is 24.3 Å². The number of nitrogens with zero attached hydrogens (tertiary/aromatic N) is 3. The predicted molar refractivity (Wildman–Crippen MR) is 100 cm³/mol. The summed E-state index contributed by atoms with van der Waals surface area (Å²) >= 11 is 6.01. The average Bonchev–Trinajstić information content (AvgIpc) is 3.18. The van der Waals surface area contributed by atoms with Crippen molar-refractivity contribution in [1.29, 1.82) is 0 Å². The third-order valence-corrected chi connectivity index (χ3v) is 5.00. The molecule has 1 aliphatic rings. The van der Waals surface area contributed by atoms with Crippen LogP contribution in [0.3, 0.4) is 0 Å². The summed E-state index contributed by atoms with van der Waals surface area (Å²) in [6, 6.07) is 13.4. The number of hydrogen-bond donors (Lipinski definition) is 0. The summed E-state index contributed by atoms with van der Waals surface area (Å²) in [5.41, 5.74) is 1.34. The second-order valence-corrected chi connectivity index (χ2v) is 6.98. The number of halogens is 2. The van der Waals surface area contributed by atoms with Gasteiger partial charge in [0.15, 0.2) is 5.78 Å². The maximum Gasteiger partial charge on any atom is 0.324 e. The second-order valence-electron chi connectivity index (χ2n) is 6.54. The number of aromatic nitrogens is 2. The maximum absolute atomic E-state index is 13.0. The molecule has 0 N–H and O–H groups in total. The predicted octanol–water partition coefficient (Wildman–Crippen LogP) is 4.63. The molecule has 2 heterocycles. The molecular formula is C20H17ClFN3O2. The minimum absolute atomic E-state index is 0.0554. The van der Waals surface area contributed by atoms with Gasteiger partial charge >= 0.3 is 6.01 Å². The molecule has 0 saturated carbocycles. The van der Waals surface area contributed by atoms with E-state index < -0.39 is 0 Å². The first kappa shape index (κ1) is 17.7. The number of rotatable bonds is 4. The second kappa shape index (κ2) is 7.48. The molecule has 1 aliphatic heterocycles. The van der Waals surface area contributed by atoms with Crippen LogP contribution < -0.4 is 4.90 Å². The van der Waals surface area contributed by atoms with E-state index in [0.29, 0.717) is 48.4 Å². The Hall–Kier alpha value is -2.73. The van der Waals surface area contributed by atoms with Gasteiger partial charge in [0.1, 0.15) is 5.82 Å². The highest BCUT2D eigenvalue weighted by molar-refractivity contribution is 6.30. The van der Waals surface area contributed by atoms with Crippen LogP contribution in [0.1, 0.15) is 23.2 Å². The van der Waals surface area contributed by atoms with Crippen LogP contribution in [0.5, 0.6) is 0 Å². The number of carbonyl (C=O) groups excluding carboxylic acids is 1. The van der Waals surface area contributed by atoms with Gasteiger partial charge in [-0.1, -0.05) is 28.9 Å². The number of carbonyl (C=O) groups is 1. The molecule has 7 heteroatoms. The molecule has 0 spiro atoms. The van der Waals surface area contributed by atoms with Crippen molar-refractivity contribution in [3.05, 3.63) is 64.9 Å². The van der Waals surface area contributed by atoms with Crippen LogP contribution in [0.15, 0.2) is 53.1 Å². The zero-order chi connectivity index (χ0) is 18.8. The Balaban J connectivity index is 1.41. The smallest absolute Gasteiger partial charge is 0.324 e. The highest BCUT2D eigenvalue weighted by Gasteiger charge is 2.28. The third-order valence-electron chi connectivity index (χ3n) is 4.76. The van der Waals surface area contributed by atoms with Gasteiger partial charge in [-0.2, -0.15) is 4.98 Å². The number of hydrogen-bond acceptors (Lipinski definition) is 5. The monoisotopic (exact) mass is 385 g/mol. The van der Waals surface area contributed by atoms with Crippen LogP contribution in [0, 0.1) is 11.7 Å². The zero-order valence-electron chi connectivity index (χ0n) is 14.4. The highest BCUT2D eigenvalue weighted by atomic mass is 35.5. The zero-order valence-corrected chi connectivity index (χ0v) is 15.2. The van der Waals surface area contributed by atoms with Gasteiger partial charge in [0.2, 0.25) is 5.82 Å². The molecule has 2 aromatic carbocycles. The van der Waals surface area contributed by atoms with Crippen molar-refractivity contribution in [3.8, 4) is 11.4 Å². The Morgan fingerprint density at radius 2 is 1.89 bits per heavy atom. The Bertz CT molecular complexity index is 950. The summed E-state index contributed by atoms with van der Waals surface area (Å²) in [5, 5.41) is 4.63. The Labute approximate surface area is 160 Å². The van der Waals surface area contributed by atoms with Gasteiger partial charge in [-0.3, -0.25) is 4.79 Å². The molecule has 0 unspecified atom stereocenters. The summed E-state index contributed by atoms with van der Waals surface area (Å²) in [5.74, 6) is 0.118. The number of ketones is 1. The maximum atomic E-state index is 13.0. The van der Waals surface area contributed by atoms with Gasteiger partial charge in [0, 0.05) is 35.2 Å². The third kappa shape index (κ3) is 3.85. The molecule has 0 bridgehead atoms. The summed E-state index contributed by atoms with van der Waals surface area (Å²) in [6.45, 7) is 1.30. The Morgan fingerprint density at radius 1 is 1.15 bits per heavy atom. The van der Waals surface area contributed by atoms with E-state index in [9.17, 15) is 9.18 Å². The van der Waals surface area contributed by atoms with Crippen molar-refractivity contribution in [1.82, 2.24) is 10.1 Å². The first-order valence-electron chi connectivity index (χ1n) is 8.74. The molecule has 0 atom stereocenters.